The Morgan fingerprint density at radius 1 is 1.47 bits per heavy atom. The third-order valence-electron chi connectivity index (χ3n) is 1.95. The summed E-state index contributed by atoms with van der Waals surface area (Å²) in [5, 5.41) is 11.6. The van der Waals surface area contributed by atoms with Gasteiger partial charge in [-0.05, 0) is 24.6 Å². The molecule has 0 saturated heterocycles. The van der Waals surface area contributed by atoms with E-state index in [9.17, 15) is 0 Å². The van der Waals surface area contributed by atoms with Crippen LogP contribution in [0.5, 0.6) is 5.75 Å². The highest BCUT2D eigenvalue weighted by Gasteiger charge is 2.03. The van der Waals surface area contributed by atoms with Crippen molar-refractivity contribution < 1.29 is 4.74 Å². The molecule has 0 spiro atoms. The number of methoxy groups -OCH3 is 1. The number of benzene rings is 1. The van der Waals surface area contributed by atoms with Crippen LogP contribution in [0, 0.1) is 11.5 Å². The highest BCUT2D eigenvalue weighted by Crippen LogP contribution is 2.31. The summed E-state index contributed by atoms with van der Waals surface area (Å²) in [5.41, 5.74) is 0.756. The summed E-state index contributed by atoms with van der Waals surface area (Å²) < 4.78 is 5.27. The summed E-state index contributed by atoms with van der Waals surface area (Å²) in [7, 11) is 1.63. The molecule has 0 saturated carbocycles. The Kier molecular flexibility index (Phi) is 5.73. The van der Waals surface area contributed by atoms with E-state index in [2.05, 4.69) is 10.3 Å². The molecule has 1 rings (SSSR count). The second kappa shape index (κ2) is 7.09. The van der Waals surface area contributed by atoms with Crippen molar-refractivity contribution in [3.05, 3.63) is 18.2 Å². The van der Waals surface area contributed by atoms with Gasteiger partial charge in [0.1, 0.15) is 5.75 Å². The fraction of sp³-hybridized carbons (Fsp3) is 0.273. The van der Waals surface area contributed by atoms with Gasteiger partial charge in [-0.15, -0.1) is 11.8 Å². The zero-order valence-corrected chi connectivity index (χ0v) is 11.5. The lowest BCUT2D eigenvalue weighted by Gasteiger charge is -2.07. The number of hydrogen-bond donors (Lipinski definition) is 1. The maximum atomic E-state index is 8.55. The lowest BCUT2D eigenvalue weighted by molar-refractivity contribution is 0.405. The lowest BCUT2D eigenvalue weighted by atomic mass is 10.3. The van der Waals surface area contributed by atoms with Gasteiger partial charge in [-0.25, -0.2) is 4.99 Å². The molecule has 1 N–H and O–H groups in total. The third-order valence-corrected chi connectivity index (χ3v) is 3.31. The van der Waals surface area contributed by atoms with Crippen LogP contribution in [0.15, 0.2) is 28.1 Å². The highest BCUT2D eigenvalue weighted by atomic mass is 32.2. The minimum atomic E-state index is 0.562. The van der Waals surface area contributed by atoms with Crippen LogP contribution in [0.2, 0.25) is 0 Å². The van der Waals surface area contributed by atoms with Crippen LogP contribution in [-0.4, -0.2) is 24.8 Å². The van der Waals surface area contributed by atoms with Gasteiger partial charge in [-0.3, -0.25) is 5.32 Å². The normalized spacial score (nSPS) is 10.8. The predicted molar refractivity (Wildman–Crippen MR) is 74.1 cm³/mol. The molecular weight excluding hydrogens is 254 g/mol. The van der Waals surface area contributed by atoms with Crippen molar-refractivity contribution in [1.82, 2.24) is 5.32 Å². The first-order chi connectivity index (χ1) is 8.24. The Balaban J connectivity index is 3.03. The smallest absolute Gasteiger partial charge is 0.183 e. The lowest BCUT2D eigenvalue weighted by Crippen LogP contribution is -2.12. The first-order valence-electron chi connectivity index (χ1n) is 4.75. The van der Waals surface area contributed by atoms with Crippen molar-refractivity contribution >= 4 is 34.4 Å². The van der Waals surface area contributed by atoms with E-state index in [1.807, 2.05) is 36.9 Å². The molecule has 1 aromatic carbocycles. The molecule has 4 nitrogen and oxygen atoms in total. The molecule has 0 heterocycles. The van der Waals surface area contributed by atoms with Gasteiger partial charge >= 0.3 is 0 Å². The summed E-state index contributed by atoms with van der Waals surface area (Å²) in [6.45, 7) is 0. The largest absolute Gasteiger partial charge is 0.496 e. The van der Waals surface area contributed by atoms with Crippen LogP contribution < -0.4 is 10.1 Å². The molecule has 17 heavy (non-hydrogen) atoms. The summed E-state index contributed by atoms with van der Waals surface area (Å²) in [4.78, 5) is 5.37. The van der Waals surface area contributed by atoms with Crippen LogP contribution in [0.3, 0.4) is 0 Å². The van der Waals surface area contributed by atoms with Crippen LogP contribution >= 0.6 is 23.5 Å². The maximum absolute atomic E-state index is 8.55. The Bertz CT molecular complexity index is 455. The molecule has 0 bridgehead atoms. The summed E-state index contributed by atoms with van der Waals surface area (Å²) >= 11 is 3.00. The average molecular weight is 267 g/mol. The van der Waals surface area contributed by atoms with Crippen molar-refractivity contribution in [3.8, 4) is 11.9 Å². The van der Waals surface area contributed by atoms with Gasteiger partial charge in [0.2, 0.25) is 0 Å². The van der Waals surface area contributed by atoms with Crippen LogP contribution in [-0.2, 0) is 0 Å². The number of nitriles is 1. The van der Waals surface area contributed by atoms with Gasteiger partial charge in [-0.1, -0.05) is 11.8 Å². The minimum Gasteiger partial charge on any atom is -0.496 e. The molecule has 90 valence electrons. The van der Waals surface area contributed by atoms with E-state index in [0.29, 0.717) is 5.17 Å². The Morgan fingerprint density at radius 2 is 2.24 bits per heavy atom. The van der Waals surface area contributed by atoms with Crippen molar-refractivity contribution in [2.45, 2.75) is 4.90 Å². The topological polar surface area (TPSA) is 57.4 Å². The van der Waals surface area contributed by atoms with E-state index in [1.54, 1.807) is 18.9 Å². The maximum Gasteiger partial charge on any atom is 0.183 e. The highest BCUT2D eigenvalue weighted by molar-refractivity contribution is 8.13. The van der Waals surface area contributed by atoms with Crippen molar-refractivity contribution in [3.63, 3.8) is 0 Å². The summed E-state index contributed by atoms with van der Waals surface area (Å²) in [5.74, 6) is 0.788. The number of hydrogen-bond acceptors (Lipinski definition) is 5. The van der Waals surface area contributed by atoms with Crippen molar-refractivity contribution in [1.29, 1.82) is 5.26 Å². The van der Waals surface area contributed by atoms with Crippen LogP contribution in [0.4, 0.5) is 5.69 Å². The van der Waals surface area contributed by atoms with E-state index >= 15 is 0 Å². The number of amidine groups is 1. The summed E-state index contributed by atoms with van der Waals surface area (Å²) in [6.07, 6.45) is 5.70. The molecule has 0 aromatic heterocycles. The molecule has 1 aromatic rings. The molecule has 0 fully saturated rings. The molecule has 0 atom stereocenters. The quantitative estimate of drug-likeness (QED) is 0.300. The molecule has 0 aliphatic rings. The van der Waals surface area contributed by atoms with Gasteiger partial charge in [0.25, 0.3) is 0 Å². The molecule has 0 aliphatic heterocycles. The number of aliphatic imine (C=N–C) groups is 1. The molecule has 0 radical (unpaired) electrons. The number of thioether (sulfide) groups is 2. The number of nitrogens with zero attached hydrogens (tertiary/aromatic N) is 2. The first-order valence-corrected chi connectivity index (χ1v) is 7.20. The van der Waals surface area contributed by atoms with Crippen LogP contribution in [0.1, 0.15) is 0 Å². The molecule has 0 unspecified atom stereocenters. The fourth-order valence-corrected chi connectivity index (χ4v) is 2.08. The van der Waals surface area contributed by atoms with Crippen molar-refractivity contribution in [2.75, 3.05) is 19.6 Å². The molecular formula is C11H13N3OS2. The van der Waals surface area contributed by atoms with Gasteiger partial charge in [0.05, 0.1) is 12.8 Å². The van der Waals surface area contributed by atoms with Crippen LogP contribution in [0.25, 0.3) is 0 Å². The van der Waals surface area contributed by atoms with Gasteiger partial charge in [0, 0.05) is 11.0 Å². The number of nitrogens with one attached hydrogen (secondary N) is 1. The predicted octanol–water partition coefficient (Wildman–Crippen LogP) is 2.84. The van der Waals surface area contributed by atoms with Gasteiger partial charge in [-0.2, -0.15) is 5.26 Å². The molecule has 0 aliphatic carbocycles. The fourth-order valence-electron chi connectivity index (χ4n) is 1.18. The second-order valence-electron chi connectivity index (χ2n) is 2.90. The monoisotopic (exact) mass is 267 g/mol. The standard InChI is InChI=1S/C11H13N3OS2/c1-15-9-6-8(4-5-10(9)16-2)14-11(17-3)13-7-12/h4-6H,1-3H3,(H,13,14). The Labute approximate surface area is 109 Å². The van der Waals surface area contributed by atoms with E-state index < -0.39 is 0 Å². The number of rotatable bonds is 3. The second-order valence-corrected chi connectivity index (χ2v) is 4.54. The zero-order valence-electron chi connectivity index (χ0n) is 9.85. The van der Waals surface area contributed by atoms with E-state index in [1.165, 1.54) is 11.8 Å². The number of ether oxygens (including phenoxy) is 1. The average Bonchev–Trinajstić information content (AvgIpc) is 2.38. The first kappa shape index (κ1) is 13.7. The van der Waals surface area contributed by atoms with Gasteiger partial charge in [0.15, 0.2) is 11.4 Å². The molecule has 6 heteroatoms. The summed E-state index contributed by atoms with van der Waals surface area (Å²) in [6, 6.07) is 5.69. The zero-order chi connectivity index (χ0) is 12.7. The van der Waals surface area contributed by atoms with E-state index in [0.717, 1.165) is 16.3 Å². The third kappa shape index (κ3) is 3.88. The van der Waals surface area contributed by atoms with Crippen molar-refractivity contribution in [2.24, 2.45) is 4.99 Å². The Morgan fingerprint density at radius 3 is 2.76 bits per heavy atom. The van der Waals surface area contributed by atoms with E-state index in [4.69, 9.17) is 10.00 Å². The molecule has 0 amide bonds. The SMILES string of the molecule is COc1cc(N=C(NC#N)SC)ccc1SC. The Hall–Kier alpha value is -1.32. The van der Waals surface area contributed by atoms with E-state index in [-0.39, 0.29) is 0 Å². The van der Waals surface area contributed by atoms with Gasteiger partial charge < -0.3 is 4.74 Å². The minimum absolute atomic E-state index is 0.562.